The summed E-state index contributed by atoms with van der Waals surface area (Å²) in [6, 6.07) is 8.22. The lowest BCUT2D eigenvalue weighted by Crippen LogP contribution is -2.16. The van der Waals surface area contributed by atoms with Crippen molar-refractivity contribution in [1.82, 2.24) is 5.32 Å². The van der Waals surface area contributed by atoms with Gasteiger partial charge in [0.05, 0.1) is 18.2 Å². The minimum atomic E-state index is 0.629. The summed E-state index contributed by atoms with van der Waals surface area (Å²) in [5, 5.41) is 6.18. The van der Waals surface area contributed by atoms with Crippen molar-refractivity contribution in [2.75, 3.05) is 19.8 Å². The van der Waals surface area contributed by atoms with Gasteiger partial charge in [0.1, 0.15) is 0 Å². The van der Waals surface area contributed by atoms with E-state index in [1.807, 2.05) is 12.1 Å². The summed E-state index contributed by atoms with van der Waals surface area (Å²) in [6.07, 6.45) is 1.94. The van der Waals surface area contributed by atoms with Crippen molar-refractivity contribution < 1.29 is 9.47 Å². The third-order valence-electron chi connectivity index (χ3n) is 3.32. The highest BCUT2D eigenvalue weighted by Gasteiger charge is 2.15. The maximum absolute atomic E-state index is 6.28. The number of nitrogens with one attached hydrogen (secondary N) is 1. The van der Waals surface area contributed by atoms with Crippen molar-refractivity contribution in [1.29, 1.82) is 0 Å². The molecule has 3 nitrogen and oxygen atoms in total. The number of hydrogen-bond acceptors (Lipinski definition) is 4. The van der Waals surface area contributed by atoms with E-state index in [1.54, 1.807) is 11.3 Å². The first-order valence-electron chi connectivity index (χ1n) is 7.14. The SMILES string of the molecule is Clc1cc(CNCCc2cccs2)cc2c1OCCCO2. The number of rotatable bonds is 5. The van der Waals surface area contributed by atoms with Crippen LogP contribution in [0.1, 0.15) is 16.9 Å². The van der Waals surface area contributed by atoms with Crippen LogP contribution in [0.5, 0.6) is 11.5 Å². The monoisotopic (exact) mass is 323 g/mol. The zero-order chi connectivity index (χ0) is 14.5. The molecule has 2 aromatic rings. The Morgan fingerprint density at radius 1 is 1.24 bits per heavy atom. The summed E-state index contributed by atoms with van der Waals surface area (Å²) < 4.78 is 11.3. The summed E-state index contributed by atoms with van der Waals surface area (Å²) in [5.74, 6) is 1.44. The molecule has 0 saturated carbocycles. The van der Waals surface area contributed by atoms with Gasteiger partial charge >= 0.3 is 0 Å². The largest absolute Gasteiger partial charge is 0.489 e. The van der Waals surface area contributed by atoms with E-state index in [0.717, 1.165) is 37.2 Å². The van der Waals surface area contributed by atoms with Crippen LogP contribution in [0.15, 0.2) is 29.6 Å². The van der Waals surface area contributed by atoms with Gasteiger partial charge in [0, 0.05) is 24.4 Å². The molecule has 21 heavy (non-hydrogen) atoms. The molecule has 0 fully saturated rings. The first kappa shape index (κ1) is 14.7. The third kappa shape index (κ3) is 3.90. The van der Waals surface area contributed by atoms with E-state index < -0.39 is 0 Å². The Balaban J connectivity index is 1.58. The van der Waals surface area contributed by atoms with Gasteiger partial charge in [0.2, 0.25) is 0 Å². The summed E-state index contributed by atoms with van der Waals surface area (Å²) in [7, 11) is 0. The predicted molar refractivity (Wildman–Crippen MR) is 86.8 cm³/mol. The molecule has 3 rings (SSSR count). The second kappa shape index (κ2) is 7.16. The van der Waals surface area contributed by atoms with Gasteiger partial charge in [-0.1, -0.05) is 17.7 Å². The lowest BCUT2D eigenvalue weighted by molar-refractivity contribution is 0.297. The van der Waals surface area contributed by atoms with E-state index in [-0.39, 0.29) is 0 Å². The van der Waals surface area contributed by atoms with Gasteiger partial charge in [-0.3, -0.25) is 0 Å². The lowest BCUT2D eigenvalue weighted by Gasteiger charge is -2.12. The topological polar surface area (TPSA) is 30.5 Å². The van der Waals surface area contributed by atoms with E-state index in [1.165, 1.54) is 4.88 Å². The maximum Gasteiger partial charge on any atom is 0.179 e. The number of ether oxygens (including phenoxy) is 2. The van der Waals surface area contributed by atoms with Crippen LogP contribution in [0.25, 0.3) is 0 Å². The molecule has 1 aromatic carbocycles. The van der Waals surface area contributed by atoms with E-state index >= 15 is 0 Å². The Labute approximate surface area is 133 Å². The molecule has 1 aliphatic rings. The van der Waals surface area contributed by atoms with Crippen molar-refractivity contribution >= 4 is 22.9 Å². The van der Waals surface area contributed by atoms with Crippen molar-refractivity contribution in [3.05, 3.63) is 45.1 Å². The highest BCUT2D eigenvalue weighted by Crippen LogP contribution is 2.37. The van der Waals surface area contributed by atoms with Crippen LogP contribution in [0.4, 0.5) is 0 Å². The van der Waals surface area contributed by atoms with Crippen LogP contribution < -0.4 is 14.8 Å². The number of thiophene rings is 1. The number of benzene rings is 1. The second-order valence-corrected chi connectivity index (χ2v) is 6.40. The number of hydrogen-bond donors (Lipinski definition) is 1. The normalized spacial score (nSPS) is 14.0. The van der Waals surface area contributed by atoms with Gasteiger partial charge < -0.3 is 14.8 Å². The van der Waals surface area contributed by atoms with Crippen LogP contribution in [0, 0.1) is 0 Å². The summed E-state index contributed by atoms with van der Waals surface area (Å²) in [4.78, 5) is 1.40. The van der Waals surface area contributed by atoms with Crippen molar-refractivity contribution in [3.8, 4) is 11.5 Å². The average molecular weight is 324 g/mol. The van der Waals surface area contributed by atoms with Crippen LogP contribution >= 0.6 is 22.9 Å². The molecule has 0 bridgehead atoms. The van der Waals surface area contributed by atoms with Crippen LogP contribution in [-0.2, 0) is 13.0 Å². The predicted octanol–water partition coefficient (Wildman–Crippen LogP) is 3.90. The van der Waals surface area contributed by atoms with Crippen molar-refractivity contribution in [2.45, 2.75) is 19.4 Å². The van der Waals surface area contributed by atoms with Gasteiger partial charge in [-0.25, -0.2) is 0 Å². The van der Waals surface area contributed by atoms with Crippen LogP contribution in [0.3, 0.4) is 0 Å². The molecule has 0 atom stereocenters. The Kier molecular flexibility index (Phi) is 5.01. The van der Waals surface area contributed by atoms with Crippen LogP contribution in [-0.4, -0.2) is 19.8 Å². The highest BCUT2D eigenvalue weighted by atomic mass is 35.5. The fourth-order valence-corrected chi connectivity index (χ4v) is 3.28. The first-order chi connectivity index (χ1) is 10.3. The zero-order valence-electron chi connectivity index (χ0n) is 11.7. The minimum Gasteiger partial charge on any atom is -0.489 e. The molecular formula is C16H18ClNO2S. The molecule has 0 amide bonds. The van der Waals surface area contributed by atoms with E-state index in [4.69, 9.17) is 21.1 Å². The highest BCUT2D eigenvalue weighted by molar-refractivity contribution is 7.09. The molecule has 1 N–H and O–H groups in total. The maximum atomic E-state index is 6.28. The molecule has 0 spiro atoms. The number of halogens is 1. The van der Waals surface area contributed by atoms with Crippen molar-refractivity contribution in [3.63, 3.8) is 0 Å². The van der Waals surface area contributed by atoms with E-state index in [2.05, 4.69) is 22.8 Å². The fraction of sp³-hybridized carbons (Fsp3) is 0.375. The van der Waals surface area contributed by atoms with Gasteiger partial charge in [-0.2, -0.15) is 0 Å². The summed E-state index contributed by atoms with van der Waals surface area (Å²) >= 11 is 8.08. The van der Waals surface area contributed by atoms with E-state index in [0.29, 0.717) is 24.0 Å². The molecule has 1 aliphatic heterocycles. The van der Waals surface area contributed by atoms with Gasteiger partial charge in [0.15, 0.2) is 11.5 Å². The Hall–Kier alpha value is -1.23. The molecule has 2 heterocycles. The van der Waals surface area contributed by atoms with E-state index in [9.17, 15) is 0 Å². The van der Waals surface area contributed by atoms with Crippen molar-refractivity contribution in [2.24, 2.45) is 0 Å². The molecule has 112 valence electrons. The van der Waals surface area contributed by atoms with Gasteiger partial charge in [-0.05, 0) is 35.6 Å². The Bertz CT molecular complexity index is 586. The summed E-state index contributed by atoms with van der Waals surface area (Å²) in [5.41, 5.74) is 1.12. The molecule has 5 heteroatoms. The zero-order valence-corrected chi connectivity index (χ0v) is 13.3. The molecular weight excluding hydrogens is 306 g/mol. The van der Waals surface area contributed by atoms with Crippen LogP contribution in [0.2, 0.25) is 5.02 Å². The molecule has 0 saturated heterocycles. The standard InChI is InChI=1S/C16H18ClNO2S/c17-14-9-12(10-15-16(14)20-7-2-6-19-15)11-18-5-4-13-3-1-8-21-13/h1,3,8-10,18H,2,4-7,11H2. The Morgan fingerprint density at radius 3 is 3.00 bits per heavy atom. The summed E-state index contributed by atoms with van der Waals surface area (Å²) in [6.45, 7) is 3.07. The number of fused-ring (bicyclic) bond motifs is 1. The lowest BCUT2D eigenvalue weighted by atomic mass is 10.2. The van der Waals surface area contributed by atoms with Gasteiger partial charge in [0.25, 0.3) is 0 Å². The Morgan fingerprint density at radius 2 is 2.14 bits per heavy atom. The molecule has 1 aromatic heterocycles. The van der Waals surface area contributed by atoms with Gasteiger partial charge in [-0.15, -0.1) is 11.3 Å². The molecule has 0 unspecified atom stereocenters. The third-order valence-corrected chi connectivity index (χ3v) is 4.54. The minimum absolute atomic E-state index is 0.629. The smallest absolute Gasteiger partial charge is 0.179 e. The molecule has 0 aliphatic carbocycles. The molecule has 0 radical (unpaired) electrons. The second-order valence-electron chi connectivity index (χ2n) is 4.96. The quantitative estimate of drug-likeness (QED) is 0.847. The fourth-order valence-electron chi connectivity index (χ4n) is 2.29. The first-order valence-corrected chi connectivity index (χ1v) is 8.40. The average Bonchev–Trinajstić information content (AvgIpc) is 2.87.